The first-order valence-corrected chi connectivity index (χ1v) is 11.6. The van der Waals surface area contributed by atoms with E-state index in [9.17, 15) is 0 Å². The molecule has 3 aromatic carbocycles. The van der Waals surface area contributed by atoms with Gasteiger partial charge < -0.3 is 18.9 Å². The van der Waals surface area contributed by atoms with E-state index in [0.717, 1.165) is 66.7 Å². The van der Waals surface area contributed by atoms with Crippen LogP contribution in [0.15, 0.2) is 66.7 Å². The molecule has 0 radical (unpaired) electrons. The molecule has 1 aliphatic rings. The van der Waals surface area contributed by atoms with E-state index >= 15 is 0 Å². The lowest BCUT2D eigenvalue weighted by molar-refractivity contribution is -0.00978. The van der Waals surface area contributed by atoms with Crippen LogP contribution in [-0.4, -0.2) is 51.3 Å². The van der Waals surface area contributed by atoms with Crippen molar-refractivity contribution in [1.29, 1.82) is 0 Å². The summed E-state index contributed by atoms with van der Waals surface area (Å²) in [5.41, 5.74) is 3.57. The first-order chi connectivity index (χ1) is 16.7. The van der Waals surface area contributed by atoms with Gasteiger partial charge >= 0.3 is 0 Å². The Morgan fingerprint density at radius 3 is 1.59 bits per heavy atom. The molecule has 0 saturated carbocycles. The van der Waals surface area contributed by atoms with Gasteiger partial charge in [0.2, 0.25) is 0 Å². The van der Waals surface area contributed by atoms with E-state index in [1.807, 2.05) is 24.3 Å². The van der Waals surface area contributed by atoms with E-state index in [0.29, 0.717) is 0 Å². The molecule has 1 heterocycles. The molecular formula is C28H34N2O4. The van der Waals surface area contributed by atoms with E-state index in [4.69, 9.17) is 18.9 Å². The lowest BCUT2D eigenvalue weighted by Crippen LogP contribution is -2.46. The molecule has 1 aliphatic heterocycles. The smallest absolute Gasteiger partial charge is 0.127 e. The minimum absolute atomic E-state index is 0.133. The van der Waals surface area contributed by atoms with Crippen LogP contribution in [0.4, 0.5) is 0 Å². The van der Waals surface area contributed by atoms with Gasteiger partial charge in [0.25, 0.3) is 0 Å². The maximum atomic E-state index is 5.70. The highest BCUT2D eigenvalue weighted by Gasteiger charge is 2.31. The second kappa shape index (κ2) is 11.3. The fourth-order valence-corrected chi connectivity index (χ4v) is 4.73. The topological polar surface area (TPSA) is 43.4 Å². The van der Waals surface area contributed by atoms with E-state index < -0.39 is 0 Å². The van der Waals surface area contributed by atoms with Crippen molar-refractivity contribution in [3.05, 3.63) is 83.4 Å². The van der Waals surface area contributed by atoms with Crippen LogP contribution in [0.1, 0.15) is 29.3 Å². The van der Waals surface area contributed by atoms with Crippen molar-refractivity contribution in [3.8, 4) is 23.0 Å². The third-order valence-electron chi connectivity index (χ3n) is 6.42. The van der Waals surface area contributed by atoms with E-state index in [-0.39, 0.29) is 6.17 Å². The Kier molecular flexibility index (Phi) is 7.93. The Hall–Kier alpha value is -3.22. The molecule has 0 unspecified atom stereocenters. The van der Waals surface area contributed by atoms with Crippen LogP contribution < -0.4 is 18.9 Å². The van der Waals surface area contributed by atoms with Crippen molar-refractivity contribution in [1.82, 2.24) is 9.80 Å². The van der Waals surface area contributed by atoms with E-state index in [2.05, 4.69) is 52.3 Å². The lowest BCUT2D eigenvalue weighted by atomic mass is 10.0. The number of rotatable bonds is 9. The Balaban J connectivity index is 1.65. The van der Waals surface area contributed by atoms with Gasteiger partial charge in [0.1, 0.15) is 23.0 Å². The van der Waals surface area contributed by atoms with Gasteiger partial charge in [-0.2, -0.15) is 0 Å². The molecule has 0 N–H and O–H groups in total. The predicted molar refractivity (Wildman–Crippen MR) is 134 cm³/mol. The number of nitrogens with zero attached hydrogens (tertiary/aromatic N) is 2. The van der Waals surface area contributed by atoms with Crippen molar-refractivity contribution < 1.29 is 18.9 Å². The van der Waals surface area contributed by atoms with Gasteiger partial charge in [-0.1, -0.05) is 42.5 Å². The Bertz CT molecular complexity index is 1010. The molecule has 0 spiro atoms. The molecule has 6 heteroatoms. The van der Waals surface area contributed by atoms with Crippen LogP contribution in [0.25, 0.3) is 0 Å². The summed E-state index contributed by atoms with van der Waals surface area (Å²) in [7, 11) is 6.78. The highest BCUT2D eigenvalue weighted by Crippen LogP contribution is 2.36. The van der Waals surface area contributed by atoms with Gasteiger partial charge in [0.05, 0.1) is 34.6 Å². The summed E-state index contributed by atoms with van der Waals surface area (Å²) in [6, 6.07) is 22.8. The summed E-state index contributed by atoms with van der Waals surface area (Å²) < 4.78 is 22.2. The average molecular weight is 463 g/mol. The summed E-state index contributed by atoms with van der Waals surface area (Å²) in [6.07, 6.45) is 1.22. The quantitative estimate of drug-likeness (QED) is 0.439. The zero-order valence-electron chi connectivity index (χ0n) is 20.5. The predicted octanol–water partition coefficient (Wildman–Crippen LogP) is 5.13. The van der Waals surface area contributed by atoms with Gasteiger partial charge in [0, 0.05) is 49.4 Å². The SMILES string of the molecule is COc1ccc(CN2CCCN(Cc3ccc(OC)cc3OC)C2c2ccccc2)c(OC)c1. The van der Waals surface area contributed by atoms with Gasteiger partial charge in [-0.05, 0) is 24.1 Å². The van der Waals surface area contributed by atoms with Gasteiger partial charge in [-0.25, -0.2) is 0 Å². The lowest BCUT2D eigenvalue weighted by Gasteiger charge is -2.44. The first kappa shape index (κ1) is 23.9. The summed E-state index contributed by atoms with van der Waals surface area (Å²) in [6.45, 7) is 3.57. The van der Waals surface area contributed by atoms with Crippen molar-refractivity contribution in [2.75, 3.05) is 41.5 Å². The van der Waals surface area contributed by atoms with E-state index in [1.165, 1.54) is 5.56 Å². The van der Waals surface area contributed by atoms with Crippen LogP contribution in [-0.2, 0) is 13.1 Å². The van der Waals surface area contributed by atoms with Gasteiger partial charge in [-0.3, -0.25) is 9.80 Å². The van der Waals surface area contributed by atoms with E-state index in [1.54, 1.807) is 28.4 Å². The summed E-state index contributed by atoms with van der Waals surface area (Å²) in [5, 5.41) is 0. The van der Waals surface area contributed by atoms with Crippen molar-refractivity contribution in [2.45, 2.75) is 25.7 Å². The Labute approximate surface area is 202 Å². The summed E-state index contributed by atoms with van der Waals surface area (Å²) in [4.78, 5) is 5.05. The molecule has 1 saturated heterocycles. The van der Waals surface area contributed by atoms with Crippen LogP contribution in [0.3, 0.4) is 0 Å². The molecule has 1 fully saturated rings. The minimum atomic E-state index is 0.133. The van der Waals surface area contributed by atoms with Gasteiger partial charge in [-0.15, -0.1) is 0 Å². The third-order valence-corrected chi connectivity index (χ3v) is 6.42. The monoisotopic (exact) mass is 462 g/mol. The molecule has 0 aromatic heterocycles. The number of benzene rings is 3. The first-order valence-electron chi connectivity index (χ1n) is 11.6. The number of hydrogen-bond donors (Lipinski definition) is 0. The molecular weight excluding hydrogens is 428 g/mol. The molecule has 0 amide bonds. The van der Waals surface area contributed by atoms with Crippen molar-refractivity contribution in [2.24, 2.45) is 0 Å². The summed E-state index contributed by atoms with van der Waals surface area (Å²) >= 11 is 0. The van der Waals surface area contributed by atoms with Gasteiger partial charge in [0.15, 0.2) is 0 Å². The van der Waals surface area contributed by atoms with Crippen LogP contribution in [0.5, 0.6) is 23.0 Å². The molecule has 0 bridgehead atoms. The Morgan fingerprint density at radius 1 is 0.647 bits per heavy atom. The van der Waals surface area contributed by atoms with Crippen LogP contribution in [0.2, 0.25) is 0 Å². The summed E-state index contributed by atoms with van der Waals surface area (Å²) in [5.74, 6) is 3.29. The van der Waals surface area contributed by atoms with Crippen LogP contribution in [0, 0.1) is 0 Å². The largest absolute Gasteiger partial charge is 0.497 e. The zero-order valence-corrected chi connectivity index (χ0v) is 20.5. The molecule has 0 aliphatic carbocycles. The molecule has 3 aromatic rings. The number of methoxy groups -OCH3 is 4. The molecule has 4 rings (SSSR count). The maximum Gasteiger partial charge on any atom is 0.127 e. The number of ether oxygens (including phenoxy) is 4. The standard InChI is InChI=1S/C28H34N2O4/c1-31-24-13-11-22(26(17-24)33-3)19-29-15-8-16-30(28(29)21-9-6-5-7-10-21)20-23-12-14-25(32-2)18-27(23)34-4/h5-7,9-14,17-18,28H,8,15-16,19-20H2,1-4H3. The fraction of sp³-hybridized carbons (Fsp3) is 0.357. The average Bonchev–Trinajstić information content (AvgIpc) is 2.89. The molecule has 34 heavy (non-hydrogen) atoms. The maximum absolute atomic E-state index is 5.70. The molecule has 180 valence electrons. The fourth-order valence-electron chi connectivity index (χ4n) is 4.73. The highest BCUT2D eigenvalue weighted by atomic mass is 16.5. The highest BCUT2D eigenvalue weighted by molar-refractivity contribution is 5.42. The second-order valence-corrected chi connectivity index (χ2v) is 8.43. The number of hydrogen-bond acceptors (Lipinski definition) is 6. The van der Waals surface area contributed by atoms with Crippen molar-refractivity contribution >= 4 is 0 Å². The minimum Gasteiger partial charge on any atom is -0.497 e. The Morgan fingerprint density at radius 2 is 1.15 bits per heavy atom. The third kappa shape index (κ3) is 5.29. The zero-order chi connectivity index (χ0) is 23.9. The molecule has 0 atom stereocenters. The second-order valence-electron chi connectivity index (χ2n) is 8.43. The molecule has 6 nitrogen and oxygen atoms in total. The normalized spacial score (nSPS) is 15.2. The van der Waals surface area contributed by atoms with Crippen molar-refractivity contribution in [3.63, 3.8) is 0 Å². The van der Waals surface area contributed by atoms with Crippen LogP contribution >= 0.6 is 0 Å².